The van der Waals surface area contributed by atoms with Crippen LogP contribution in [0.3, 0.4) is 0 Å². The van der Waals surface area contributed by atoms with Crippen molar-refractivity contribution in [2.24, 2.45) is 0 Å². The number of aliphatic carboxylic acids is 1. The maximum Gasteiger partial charge on any atom is 0.305 e. The van der Waals surface area contributed by atoms with Crippen molar-refractivity contribution >= 4 is 17.5 Å². The zero-order valence-electron chi connectivity index (χ0n) is 16.4. The number of fused-ring (bicyclic) bond motifs is 3. The van der Waals surface area contributed by atoms with Gasteiger partial charge < -0.3 is 35.0 Å². The number of hydrogen-bond donors (Lipinski definition) is 5. The Morgan fingerprint density at radius 3 is 2.42 bits per heavy atom. The number of hydrogen-bond acceptors (Lipinski definition) is 9. The molecule has 10 nitrogen and oxygen atoms in total. The van der Waals surface area contributed by atoms with Crippen molar-refractivity contribution in [1.29, 1.82) is 0 Å². The average molecular weight is 432 g/mol. The van der Waals surface area contributed by atoms with Gasteiger partial charge in [0.25, 0.3) is 0 Å². The molecule has 164 valence electrons. The van der Waals surface area contributed by atoms with E-state index in [0.29, 0.717) is 0 Å². The van der Waals surface area contributed by atoms with Crippen molar-refractivity contribution in [3.8, 4) is 11.5 Å². The Morgan fingerprint density at radius 1 is 1.13 bits per heavy atom. The first-order valence-corrected chi connectivity index (χ1v) is 9.90. The molecule has 4 unspecified atom stereocenters. The van der Waals surface area contributed by atoms with E-state index in [2.05, 4.69) is 0 Å². The summed E-state index contributed by atoms with van der Waals surface area (Å²) in [7, 11) is 0. The van der Waals surface area contributed by atoms with Crippen LogP contribution in [0.2, 0.25) is 0 Å². The largest absolute Gasteiger partial charge is 0.507 e. The molecule has 1 aromatic carbocycles. The lowest BCUT2D eigenvalue weighted by Gasteiger charge is -2.52. The highest BCUT2D eigenvalue weighted by Crippen LogP contribution is 2.59. The summed E-state index contributed by atoms with van der Waals surface area (Å²) in [4.78, 5) is 37.5. The minimum atomic E-state index is -2.08. The first kappa shape index (κ1) is 20.1. The number of aliphatic hydroxyl groups excluding tert-OH is 1. The normalized spacial score (nSPS) is 33.8. The van der Waals surface area contributed by atoms with Gasteiger partial charge in [-0.1, -0.05) is 0 Å². The first-order chi connectivity index (χ1) is 14.6. The highest BCUT2D eigenvalue weighted by atomic mass is 16.5. The predicted molar refractivity (Wildman–Crippen MR) is 99.9 cm³/mol. The molecule has 3 heterocycles. The minimum Gasteiger partial charge on any atom is -0.507 e. The van der Waals surface area contributed by atoms with E-state index in [1.165, 1.54) is 6.92 Å². The lowest BCUT2D eigenvalue weighted by Crippen LogP contribution is -2.58. The van der Waals surface area contributed by atoms with Crippen LogP contribution in [0.15, 0.2) is 11.1 Å². The molecule has 5 atom stereocenters. The number of carbonyl (C=O) groups excluding carboxylic acids is 2. The fraction of sp³-hybridized carbons (Fsp3) is 0.476. The number of benzene rings is 1. The number of rotatable bonds is 2. The molecule has 0 radical (unpaired) electrons. The van der Waals surface area contributed by atoms with Gasteiger partial charge in [0.2, 0.25) is 0 Å². The number of aliphatic hydroxyl groups is 2. The van der Waals surface area contributed by atoms with Crippen molar-refractivity contribution in [2.45, 2.75) is 56.2 Å². The fourth-order valence-corrected chi connectivity index (χ4v) is 5.28. The van der Waals surface area contributed by atoms with Gasteiger partial charge in [-0.2, -0.15) is 0 Å². The van der Waals surface area contributed by atoms with E-state index in [-0.39, 0.29) is 48.1 Å². The molecule has 0 aromatic heterocycles. The van der Waals surface area contributed by atoms with Crippen LogP contribution in [-0.2, 0) is 19.9 Å². The van der Waals surface area contributed by atoms with Gasteiger partial charge >= 0.3 is 5.97 Å². The van der Waals surface area contributed by atoms with E-state index < -0.39 is 70.2 Å². The molecule has 31 heavy (non-hydrogen) atoms. The van der Waals surface area contributed by atoms with E-state index in [4.69, 9.17) is 14.6 Å². The van der Waals surface area contributed by atoms with Gasteiger partial charge in [0.15, 0.2) is 11.6 Å². The number of phenolic OH excluding ortho intramolecular Hbond substituents is 2. The van der Waals surface area contributed by atoms with Gasteiger partial charge in [-0.3, -0.25) is 14.4 Å². The molecule has 10 heteroatoms. The summed E-state index contributed by atoms with van der Waals surface area (Å²) in [5, 5.41) is 52.7. The molecule has 0 saturated carbocycles. The van der Waals surface area contributed by atoms with Crippen LogP contribution >= 0.6 is 0 Å². The summed E-state index contributed by atoms with van der Waals surface area (Å²) in [6.07, 6.45) is -4.48. The summed E-state index contributed by atoms with van der Waals surface area (Å²) in [5.41, 5.74) is -3.16. The van der Waals surface area contributed by atoms with Crippen LogP contribution < -0.4 is 0 Å². The molecule has 6 rings (SSSR count). The van der Waals surface area contributed by atoms with Crippen LogP contribution in [0, 0.1) is 0 Å². The van der Waals surface area contributed by atoms with E-state index in [1.54, 1.807) is 0 Å². The zero-order chi connectivity index (χ0) is 22.4. The Bertz CT molecular complexity index is 1090. The molecule has 2 bridgehead atoms. The number of phenols is 2. The summed E-state index contributed by atoms with van der Waals surface area (Å²) in [6.45, 7) is 1.18. The second-order valence-electron chi connectivity index (χ2n) is 8.43. The third kappa shape index (κ3) is 2.44. The minimum absolute atomic E-state index is 0.0217. The number of carboxylic acids is 1. The number of Topliss-reactive ketones (excluding diaryl/α,β-unsaturated/α-hetero) is 2. The molecular formula is C21H20O10. The van der Waals surface area contributed by atoms with E-state index in [9.17, 15) is 34.8 Å². The third-order valence-corrected chi connectivity index (χ3v) is 6.80. The zero-order valence-corrected chi connectivity index (χ0v) is 16.4. The van der Waals surface area contributed by atoms with E-state index in [0.717, 1.165) is 0 Å². The average Bonchev–Trinajstić information content (AvgIpc) is 2.69. The Labute approximate surface area is 175 Å². The van der Waals surface area contributed by atoms with Crippen molar-refractivity contribution in [1.82, 2.24) is 0 Å². The molecule has 1 saturated heterocycles. The summed E-state index contributed by atoms with van der Waals surface area (Å²) >= 11 is 0. The Hall–Kier alpha value is -2.79. The summed E-state index contributed by atoms with van der Waals surface area (Å²) < 4.78 is 11.1. The predicted octanol–water partition coefficient (Wildman–Crippen LogP) is 0.449. The van der Waals surface area contributed by atoms with Crippen molar-refractivity contribution in [3.05, 3.63) is 33.4 Å². The molecule has 2 aliphatic carbocycles. The van der Waals surface area contributed by atoms with E-state index >= 15 is 0 Å². The number of carboxylic acid groups (broad SMARTS) is 1. The lowest BCUT2D eigenvalue weighted by molar-refractivity contribution is -0.246. The van der Waals surface area contributed by atoms with Gasteiger partial charge in [0.05, 0.1) is 48.6 Å². The molecule has 1 aromatic rings. The fourth-order valence-electron chi connectivity index (χ4n) is 5.28. The number of ether oxygens (including phenoxy) is 2. The molecule has 0 spiro atoms. The van der Waals surface area contributed by atoms with Gasteiger partial charge in [0, 0.05) is 35.1 Å². The van der Waals surface area contributed by atoms with Crippen molar-refractivity contribution in [3.63, 3.8) is 0 Å². The second-order valence-corrected chi connectivity index (χ2v) is 8.43. The monoisotopic (exact) mass is 432 g/mol. The SMILES string of the molecule is CC1OC2CC(O)C1(O)c1c(O)c3c(c(O)c12)C(=O)C1=C(CO[C@@H](CC(=O)O)C1)C3=O. The Balaban J connectivity index is 1.71. The maximum atomic E-state index is 13.3. The topological polar surface area (TPSA) is 171 Å². The summed E-state index contributed by atoms with van der Waals surface area (Å²) in [6, 6.07) is 0. The van der Waals surface area contributed by atoms with Crippen LogP contribution in [0.5, 0.6) is 11.5 Å². The quantitative estimate of drug-likeness (QED) is 0.413. The maximum absolute atomic E-state index is 13.3. The molecule has 0 amide bonds. The molecule has 5 aliphatic rings. The Morgan fingerprint density at radius 2 is 1.77 bits per heavy atom. The summed E-state index contributed by atoms with van der Waals surface area (Å²) in [5.74, 6) is -3.84. The van der Waals surface area contributed by atoms with Crippen LogP contribution in [0.4, 0.5) is 0 Å². The standard InChI is InChI=1S/C21H20O10/c1-6-21(29)11(22)4-10(31-6)13-16(21)20(28)15-14(19(13)27)17(25)8-2-7(3-12(23)24)30-5-9(8)18(15)26/h6-7,10-11,22,27-29H,2-5H2,1H3,(H,23,24)/t6?,7-,10?,11?,21?/m1/s1. The van der Waals surface area contributed by atoms with Crippen LogP contribution in [0.1, 0.15) is 64.1 Å². The third-order valence-electron chi connectivity index (χ3n) is 6.80. The van der Waals surface area contributed by atoms with E-state index in [1.807, 2.05) is 0 Å². The Kier molecular flexibility index (Phi) is 4.13. The lowest BCUT2D eigenvalue weighted by atomic mass is 9.66. The highest BCUT2D eigenvalue weighted by Gasteiger charge is 2.59. The first-order valence-electron chi connectivity index (χ1n) is 9.90. The molecule has 1 fully saturated rings. The van der Waals surface area contributed by atoms with Crippen molar-refractivity contribution in [2.75, 3.05) is 6.61 Å². The molecule has 5 N–H and O–H groups in total. The molecule has 3 aliphatic heterocycles. The van der Waals surface area contributed by atoms with Crippen molar-refractivity contribution < 1.29 is 49.4 Å². The van der Waals surface area contributed by atoms with Gasteiger partial charge in [0.1, 0.15) is 17.1 Å². The second kappa shape index (κ2) is 6.36. The van der Waals surface area contributed by atoms with Gasteiger partial charge in [-0.25, -0.2) is 0 Å². The number of aromatic hydroxyl groups is 2. The highest BCUT2D eigenvalue weighted by molar-refractivity contribution is 6.29. The number of ketones is 2. The molecular weight excluding hydrogens is 412 g/mol. The smallest absolute Gasteiger partial charge is 0.305 e. The van der Waals surface area contributed by atoms with Crippen LogP contribution in [-0.4, -0.2) is 68.0 Å². The number of carbonyl (C=O) groups is 3. The van der Waals surface area contributed by atoms with Crippen LogP contribution in [0.25, 0.3) is 0 Å². The van der Waals surface area contributed by atoms with Gasteiger partial charge in [-0.15, -0.1) is 0 Å². The van der Waals surface area contributed by atoms with Gasteiger partial charge in [-0.05, 0) is 6.92 Å².